The van der Waals surface area contributed by atoms with E-state index in [1.807, 2.05) is 24.3 Å². The number of ether oxygens (including phenoxy) is 3. The molecule has 0 saturated carbocycles. The fraction of sp³-hybridized carbons (Fsp3) is 0.500. The maximum Gasteiger partial charge on any atom is 0.119 e. The predicted octanol–water partition coefficient (Wildman–Crippen LogP) is 5.97. The van der Waals surface area contributed by atoms with Crippen LogP contribution in [0.25, 0.3) is 0 Å². The van der Waals surface area contributed by atoms with Gasteiger partial charge < -0.3 is 14.2 Å². The lowest BCUT2D eigenvalue weighted by molar-refractivity contribution is 0.0764. The third-order valence-electron chi connectivity index (χ3n) is 5.06. The van der Waals surface area contributed by atoms with Crippen molar-refractivity contribution in [1.29, 1.82) is 0 Å². The van der Waals surface area contributed by atoms with Crippen molar-refractivity contribution in [3.63, 3.8) is 0 Å². The third-order valence-corrected chi connectivity index (χ3v) is 5.06. The molecule has 0 spiro atoms. The van der Waals surface area contributed by atoms with Crippen molar-refractivity contribution < 1.29 is 14.2 Å². The molecule has 0 atom stereocenters. The summed E-state index contributed by atoms with van der Waals surface area (Å²) in [4.78, 5) is 0. The Kier molecular flexibility index (Phi) is 8.18. The summed E-state index contributed by atoms with van der Waals surface area (Å²) in [6.07, 6.45) is 1.12. The smallest absolute Gasteiger partial charge is 0.119 e. The van der Waals surface area contributed by atoms with E-state index >= 15 is 0 Å². The van der Waals surface area contributed by atoms with E-state index in [1.165, 1.54) is 11.1 Å². The fourth-order valence-electron chi connectivity index (χ4n) is 2.69. The molecule has 0 N–H and O–H groups in total. The Morgan fingerprint density at radius 3 is 1.67 bits per heavy atom. The number of hydrogen-bond acceptors (Lipinski definition) is 3. The molecular weight excluding hydrogens is 336 g/mol. The van der Waals surface area contributed by atoms with E-state index in [1.54, 1.807) is 0 Å². The zero-order valence-electron chi connectivity index (χ0n) is 17.5. The van der Waals surface area contributed by atoms with Crippen LogP contribution in [-0.2, 0) is 10.2 Å². The zero-order chi connectivity index (χ0) is 19.7. The Balaban J connectivity index is 1.59. The number of hydrogen-bond donors (Lipinski definition) is 0. The van der Waals surface area contributed by atoms with E-state index < -0.39 is 0 Å². The molecule has 27 heavy (non-hydrogen) atoms. The minimum absolute atomic E-state index is 0.205. The molecule has 0 saturated heterocycles. The molecule has 0 aliphatic rings. The molecule has 0 fully saturated rings. The molecule has 0 aliphatic heterocycles. The lowest BCUT2D eigenvalue weighted by atomic mass is 9.82. The predicted molar refractivity (Wildman–Crippen MR) is 112 cm³/mol. The highest BCUT2D eigenvalue weighted by Crippen LogP contribution is 2.28. The first kappa shape index (κ1) is 21.3. The summed E-state index contributed by atoms with van der Waals surface area (Å²) >= 11 is 0. The average molecular weight is 371 g/mol. The van der Waals surface area contributed by atoms with Gasteiger partial charge in [-0.1, -0.05) is 58.9 Å². The first-order valence-corrected chi connectivity index (χ1v) is 9.96. The van der Waals surface area contributed by atoms with Crippen LogP contribution in [0.5, 0.6) is 11.5 Å². The first-order chi connectivity index (χ1) is 12.9. The van der Waals surface area contributed by atoms with E-state index in [9.17, 15) is 0 Å². The maximum atomic E-state index is 5.74. The SMILES string of the molecule is CCC(C)(C)c1ccc(OCCOCCOc2ccc(C(C)C)cc2)cc1. The van der Waals surface area contributed by atoms with Gasteiger partial charge in [0.05, 0.1) is 13.2 Å². The van der Waals surface area contributed by atoms with Crippen molar-refractivity contribution >= 4 is 0 Å². The van der Waals surface area contributed by atoms with E-state index in [4.69, 9.17) is 14.2 Å². The van der Waals surface area contributed by atoms with Crippen molar-refractivity contribution in [2.75, 3.05) is 26.4 Å². The van der Waals surface area contributed by atoms with Crippen molar-refractivity contribution in [3.05, 3.63) is 59.7 Å². The maximum absolute atomic E-state index is 5.74. The number of rotatable bonds is 11. The summed E-state index contributed by atoms with van der Waals surface area (Å²) in [6.45, 7) is 13.3. The molecule has 0 radical (unpaired) electrons. The van der Waals surface area contributed by atoms with E-state index in [-0.39, 0.29) is 5.41 Å². The van der Waals surface area contributed by atoms with Gasteiger partial charge in [0, 0.05) is 0 Å². The normalized spacial score (nSPS) is 11.6. The van der Waals surface area contributed by atoms with Crippen LogP contribution >= 0.6 is 0 Å². The van der Waals surface area contributed by atoms with Crippen LogP contribution in [0.4, 0.5) is 0 Å². The van der Waals surface area contributed by atoms with Gasteiger partial charge in [0.2, 0.25) is 0 Å². The van der Waals surface area contributed by atoms with Crippen LogP contribution in [0.1, 0.15) is 58.1 Å². The van der Waals surface area contributed by atoms with E-state index in [2.05, 4.69) is 58.9 Å². The minimum atomic E-state index is 0.205. The zero-order valence-corrected chi connectivity index (χ0v) is 17.5. The topological polar surface area (TPSA) is 27.7 Å². The summed E-state index contributed by atoms with van der Waals surface area (Å²) < 4.78 is 17.0. The molecule has 148 valence electrons. The van der Waals surface area contributed by atoms with Crippen molar-refractivity contribution in [2.24, 2.45) is 0 Å². The lowest BCUT2D eigenvalue weighted by Crippen LogP contribution is -2.15. The average Bonchev–Trinajstić information content (AvgIpc) is 2.68. The van der Waals surface area contributed by atoms with Gasteiger partial charge in [0.1, 0.15) is 24.7 Å². The molecule has 3 heteroatoms. The summed E-state index contributed by atoms with van der Waals surface area (Å²) in [7, 11) is 0. The van der Waals surface area contributed by atoms with Crippen molar-refractivity contribution in [3.8, 4) is 11.5 Å². The minimum Gasteiger partial charge on any atom is -0.491 e. The van der Waals surface area contributed by atoms with Crippen LogP contribution < -0.4 is 9.47 Å². The van der Waals surface area contributed by atoms with Gasteiger partial charge >= 0.3 is 0 Å². The van der Waals surface area contributed by atoms with E-state index in [0.717, 1.165) is 17.9 Å². The molecule has 0 heterocycles. The Bertz CT molecular complexity index is 657. The van der Waals surface area contributed by atoms with Gasteiger partial charge in [0.15, 0.2) is 0 Å². The molecule has 0 amide bonds. The first-order valence-electron chi connectivity index (χ1n) is 9.96. The Labute approximate surface area is 164 Å². The van der Waals surface area contributed by atoms with Gasteiger partial charge in [-0.3, -0.25) is 0 Å². The van der Waals surface area contributed by atoms with Crippen molar-refractivity contribution in [1.82, 2.24) is 0 Å². The number of benzene rings is 2. The highest BCUT2D eigenvalue weighted by atomic mass is 16.5. The summed E-state index contributed by atoms with van der Waals surface area (Å²) in [5.41, 5.74) is 2.87. The van der Waals surface area contributed by atoms with Gasteiger partial charge in [0.25, 0.3) is 0 Å². The molecular formula is C24H34O3. The summed E-state index contributed by atoms with van der Waals surface area (Å²) in [6, 6.07) is 16.6. The third kappa shape index (κ3) is 6.91. The molecule has 0 bridgehead atoms. The quantitative estimate of drug-likeness (QED) is 0.456. The van der Waals surface area contributed by atoms with Gasteiger partial charge in [-0.2, -0.15) is 0 Å². The van der Waals surface area contributed by atoms with Gasteiger partial charge in [-0.25, -0.2) is 0 Å². The van der Waals surface area contributed by atoms with Gasteiger partial charge in [-0.15, -0.1) is 0 Å². The van der Waals surface area contributed by atoms with Crippen LogP contribution in [0.3, 0.4) is 0 Å². The van der Waals surface area contributed by atoms with Crippen LogP contribution in [0.15, 0.2) is 48.5 Å². The molecule has 0 aromatic heterocycles. The standard InChI is InChI=1S/C24H34O3/c1-6-24(4,5)21-9-13-23(14-10-21)27-18-16-25-15-17-26-22-11-7-20(8-12-22)19(2)3/h7-14,19H,6,15-18H2,1-5H3. The van der Waals surface area contributed by atoms with Crippen LogP contribution in [-0.4, -0.2) is 26.4 Å². The highest BCUT2D eigenvalue weighted by Gasteiger charge is 2.17. The molecule has 2 aromatic carbocycles. The second kappa shape index (κ2) is 10.4. The molecule has 2 aromatic rings. The fourth-order valence-corrected chi connectivity index (χ4v) is 2.69. The summed E-state index contributed by atoms with van der Waals surface area (Å²) in [5, 5.41) is 0. The molecule has 0 aliphatic carbocycles. The molecule has 0 unspecified atom stereocenters. The molecule has 3 nitrogen and oxygen atoms in total. The molecule has 2 rings (SSSR count). The monoisotopic (exact) mass is 370 g/mol. The summed E-state index contributed by atoms with van der Waals surface area (Å²) in [5.74, 6) is 2.31. The highest BCUT2D eigenvalue weighted by molar-refractivity contribution is 5.31. The second-order valence-corrected chi connectivity index (χ2v) is 7.79. The lowest BCUT2D eigenvalue weighted by Gasteiger charge is -2.23. The second-order valence-electron chi connectivity index (χ2n) is 7.79. The Hall–Kier alpha value is -2.00. The largest absolute Gasteiger partial charge is 0.491 e. The van der Waals surface area contributed by atoms with Crippen molar-refractivity contribution in [2.45, 2.75) is 52.4 Å². The van der Waals surface area contributed by atoms with Crippen LogP contribution in [0.2, 0.25) is 0 Å². The van der Waals surface area contributed by atoms with Crippen LogP contribution in [0, 0.1) is 0 Å². The van der Waals surface area contributed by atoms with Gasteiger partial charge in [-0.05, 0) is 53.1 Å². The Morgan fingerprint density at radius 2 is 1.22 bits per heavy atom. The Morgan fingerprint density at radius 1 is 0.741 bits per heavy atom. The van der Waals surface area contributed by atoms with E-state index in [0.29, 0.717) is 32.3 Å².